The van der Waals surface area contributed by atoms with Gasteiger partial charge in [0.15, 0.2) is 0 Å². The van der Waals surface area contributed by atoms with Gasteiger partial charge in [-0.15, -0.1) is 0 Å². The highest BCUT2D eigenvalue weighted by atomic mass is 35.5. The van der Waals surface area contributed by atoms with Crippen molar-refractivity contribution >= 4 is 11.6 Å². The Kier molecular flexibility index (Phi) is 3.63. The summed E-state index contributed by atoms with van der Waals surface area (Å²) in [5, 5.41) is 0.295. The monoisotopic (exact) mass is 200 g/mol. The molecular weight excluding hydrogens is 188 g/mol. The van der Waals surface area contributed by atoms with Gasteiger partial charge in [-0.2, -0.15) is 0 Å². The number of aryl methyl sites for hydroxylation is 1. The second-order valence-corrected chi connectivity index (χ2v) is 3.36. The molecule has 1 atom stereocenters. The van der Waals surface area contributed by atoms with E-state index in [1.807, 2.05) is 13.8 Å². The summed E-state index contributed by atoms with van der Waals surface area (Å²) in [4.78, 5) is 8.02. The second-order valence-electron chi connectivity index (χ2n) is 3.02. The van der Waals surface area contributed by atoms with Crippen molar-refractivity contribution in [3.05, 3.63) is 22.7 Å². The quantitative estimate of drug-likeness (QED) is 0.701. The third kappa shape index (κ3) is 2.94. The summed E-state index contributed by atoms with van der Waals surface area (Å²) in [6.45, 7) is 3.96. The maximum absolute atomic E-state index is 5.68. The van der Waals surface area contributed by atoms with Gasteiger partial charge in [0.05, 0.1) is 11.8 Å². The molecule has 0 saturated carbocycles. The van der Waals surface area contributed by atoms with Crippen LogP contribution in [-0.4, -0.2) is 23.2 Å². The molecule has 0 bridgehead atoms. The first kappa shape index (κ1) is 10.4. The minimum atomic E-state index is 0.157. The van der Waals surface area contributed by atoms with Gasteiger partial charge in [0.1, 0.15) is 0 Å². The van der Waals surface area contributed by atoms with Gasteiger partial charge >= 0.3 is 0 Å². The van der Waals surface area contributed by atoms with E-state index in [1.165, 1.54) is 0 Å². The first-order chi connectivity index (χ1) is 6.13. The van der Waals surface area contributed by atoms with E-state index in [0.717, 1.165) is 17.7 Å². The predicted molar refractivity (Wildman–Crippen MR) is 52.0 cm³/mol. The molecule has 0 aliphatic heterocycles. The fourth-order valence-electron chi connectivity index (χ4n) is 1.02. The summed E-state index contributed by atoms with van der Waals surface area (Å²) in [7, 11) is 1.68. The number of hydrogen-bond donors (Lipinski definition) is 0. The molecule has 1 unspecified atom stereocenters. The van der Waals surface area contributed by atoms with Gasteiger partial charge < -0.3 is 4.74 Å². The third-order valence-electron chi connectivity index (χ3n) is 1.93. The number of nitrogens with zero attached hydrogens (tertiary/aromatic N) is 2. The zero-order valence-corrected chi connectivity index (χ0v) is 8.80. The summed E-state index contributed by atoms with van der Waals surface area (Å²) in [6, 6.07) is 0. The summed E-state index contributed by atoms with van der Waals surface area (Å²) in [5.74, 6) is 0. The molecule has 13 heavy (non-hydrogen) atoms. The van der Waals surface area contributed by atoms with E-state index in [9.17, 15) is 0 Å². The highest BCUT2D eigenvalue weighted by Crippen LogP contribution is 2.10. The average molecular weight is 201 g/mol. The molecule has 0 N–H and O–H groups in total. The Bertz CT molecular complexity index is 291. The van der Waals surface area contributed by atoms with Gasteiger partial charge in [0.25, 0.3) is 0 Å². The van der Waals surface area contributed by atoms with Gasteiger partial charge in [-0.25, -0.2) is 9.97 Å². The Morgan fingerprint density at radius 2 is 2.31 bits per heavy atom. The molecule has 1 aromatic rings. The molecule has 1 heterocycles. The standard InChI is InChI=1S/C9H13ClN2O/c1-6-5-11-9(10)12-8(6)4-7(2)13-3/h5,7H,4H2,1-3H3. The van der Waals surface area contributed by atoms with Gasteiger partial charge in [-0.3, -0.25) is 0 Å². The van der Waals surface area contributed by atoms with Crippen LogP contribution in [0.2, 0.25) is 5.28 Å². The van der Waals surface area contributed by atoms with Crippen molar-refractivity contribution in [2.24, 2.45) is 0 Å². The fourth-order valence-corrected chi connectivity index (χ4v) is 1.17. The minimum Gasteiger partial charge on any atom is -0.381 e. The molecule has 0 aliphatic rings. The predicted octanol–water partition coefficient (Wildman–Crippen LogP) is 2.02. The number of methoxy groups -OCH3 is 1. The van der Waals surface area contributed by atoms with E-state index in [2.05, 4.69) is 9.97 Å². The molecular formula is C9H13ClN2O. The van der Waals surface area contributed by atoms with E-state index in [4.69, 9.17) is 16.3 Å². The molecule has 0 aromatic carbocycles. The van der Waals surface area contributed by atoms with E-state index < -0.39 is 0 Å². The number of ether oxygens (including phenoxy) is 1. The lowest BCUT2D eigenvalue weighted by atomic mass is 10.1. The van der Waals surface area contributed by atoms with Crippen LogP contribution in [0.4, 0.5) is 0 Å². The van der Waals surface area contributed by atoms with Crippen molar-refractivity contribution in [2.75, 3.05) is 7.11 Å². The third-order valence-corrected chi connectivity index (χ3v) is 2.11. The number of aromatic nitrogens is 2. The van der Waals surface area contributed by atoms with Crippen LogP contribution in [0.5, 0.6) is 0 Å². The van der Waals surface area contributed by atoms with E-state index in [0.29, 0.717) is 5.28 Å². The smallest absolute Gasteiger partial charge is 0.222 e. The molecule has 3 nitrogen and oxygen atoms in total. The largest absolute Gasteiger partial charge is 0.381 e. The summed E-state index contributed by atoms with van der Waals surface area (Å²) < 4.78 is 5.15. The molecule has 0 amide bonds. The van der Waals surface area contributed by atoms with Crippen LogP contribution in [0.15, 0.2) is 6.20 Å². The Morgan fingerprint density at radius 1 is 1.62 bits per heavy atom. The van der Waals surface area contributed by atoms with Gasteiger partial charge in [0.2, 0.25) is 5.28 Å². The van der Waals surface area contributed by atoms with Crippen molar-refractivity contribution in [2.45, 2.75) is 26.4 Å². The normalized spacial score (nSPS) is 12.9. The van der Waals surface area contributed by atoms with Crippen molar-refractivity contribution in [1.82, 2.24) is 9.97 Å². The highest BCUT2D eigenvalue weighted by Gasteiger charge is 2.07. The SMILES string of the molecule is COC(C)Cc1nc(Cl)ncc1C. The van der Waals surface area contributed by atoms with Crippen LogP contribution < -0.4 is 0 Å². The molecule has 0 spiro atoms. The average Bonchev–Trinajstić information content (AvgIpc) is 2.11. The topological polar surface area (TPSA) is 35.0 Å². The Hall–Kier alpha value is -0.670. The zero-order valence-electron chi connectivity index (χ0n) is 8.04. The first-order valence-corrected chi connectivity index (χ1v) is 4.52. The maximum Gasteiger partial charge on any atom is 0.222 e. The molecule has 1 rings (SSSR count). The highest BCUT2D eigenvalue weighted by molar-refractivity contribution is 6.28. The van der Waals surface area contributed by atoms with Crippen LogP contribution >= 0.6 is 11.6 Å². The van der Waals surface area contributed by atoms with Crippen molar-refractivity contribution in [1.29, 1.82) is 0 Å². The first-order valence-electron chi connectivity index (χ1n) is 4.14. The maximum atomic E-state index is 5.68. The molecule has 0 fully saturated rings. The van der Waals surface area contributed by atoms with Crippen LogP contribution in [0.25, 0.3) is 0 Å². The lowest BCUT2D eigenvalue weighted by Crippen LogP contribution is -2.11. The Morgan fingerprint density at radius 3 is 2.92 bits per heavy atom. The lowest BCUT2D eigenvalue weighted by molar-refractivity contribution is 0.118. The van der Waals surface area contributed by atoms with Crippen molar-refractivity contribution in [3.8, 4) is 0 Å². The molecule has 0 saturated heterocycles. The summed E-state index contributed by atoms with van der Waals surface area (Å²) in [5.41, 5.74) is 2.00. The number of rotatable bonds is 3. The lowest BCUT2D eigenvalue weighted by Gasteiger charge is -2.10. The van der Waals surface area contributed by atoms with Crippen molar-refractivity contribution in [3.63, 3.8) is 0 Å². The summed E-state index contributed by atoms with van der Waals surface area (Å²) >= 11 is 5.68. The molecule has 4 heteroatoms. The van der Waals surface area contributed by atoms with Gasteiger partial charge in [-0.1, -0.05) is 0 Å². The summed E-state index contributed by atoms with van der Waals surface area (Å²) in [6.07, 6.45) is 2.65. The van der Waals surface area contributed by atoms with Crippen LogP contribution in [0.1, 0.15) is 18.2 Å². The molecule has 0 aliphatic carbocycles. The minimum absolute atomic E-state index is 0.157. The molecule has 1 aromatic heterocycles. The zero-order chi connectivity index (χ0) is 9.84. The molecule has 0 radical (unpaired) electrons. The Labute approximate surface area is 83.1 Å². The Balaban J connectivity index is 2.81. The van der Waals surface area contributed by atoms with E-state index >= 15 is 0 Å². The van der Waals surface area contributed by atoms with Crippen LogP contribution in [0.3, 0.4) is 0 Å². The second kappa shape index (κ2) is 4.53. The molecule has 72 valence electrons. The van der Waals surface area contributed by atoms with Crippen LogP contribution in [0, 0.1) is 6.92 Å². The number of halogens is 1. The van der Waals surface area contributed by atoms with Gasteiger partial charge in [-0.05, 0) is 31.0 Å². The van der Waals surface area contributed by atoms with E-state index in [-0.39, 0.29) is 6.10 Å². The fraction of sp³-hybridized carbons (Fsp3) is 0.556. The number of hydrogen-bond acceptors (Lipinski definition) is 3. The van der Waals surface area contributed by atoms with Crippen LogP contribution in [-0.2, 0) is 11.2 Å². The van der Waals surface area contributed by atoms with Crippen molar-refractivity contribution < 1.29 is 4.74 Å². The van der Waals surface area contributed by atoms with E-state index in [1.54, 1.807) is 13.3 Å². The van der Waals surface area contributed by atoms with Gasteiger partial charge in [0, 0.05) is 19.7 Å².